The number of methoxy groups -OCH3 is 1. The largest absolute Gasteiger partial charge is 0.508 e. The highest BCUT2D eigenvalue weighted by Crippen LogP contribution is 2.37. The number of ketones is 1. The van der Waals surface area contributed by atoms with Crippen LogP contribution in [0.15, 0.2) is 12.1 Å². The highest BCUT2D eigenvalue weighted by molar-refractivity contribution is 5.90. The van der Waals surface area contributed by atoms with Crippen LogP contribution in [0.1, 0.15) is 42.9 Å². The third-order valence-corrected chi connectivity index (χ3v) is 3.05. The van der Waals surface area contributed by atoms with Crippen molar-refractivity contribution in [1.82, 2.24) is 15.2 Å². The fourth-order valence-electron chi connectivity index (χ4n) is 1.94. The van der Waals surface area contributed by atoms with Gasteiger partial charge in [0.25, 0.3) is 0 Å². The lowest BCUT2D eigenvalue weighted by atomic mass is 9.98. The van der Waals surface area contributed by atoms with E-state index < -0.39 is 0 Å². The Morgan fingerprint density at radius 1 is 1.35 bits per heavy atom. The molecule has 0 aliphatic heterocycles. The van der Waals surface area contributed by atoms with E-state index >= 15 is 0 Å². The number of carbonyl (C=O) groups excluding carboxylic acids is 1. The van der Waals surface area contributed by atoms with Crippen LogP contribution >= 0.6 is 0 Å². The number of benzene rings is 1. The summed E-state index contributed by atoms with van der Waals surface area (Å²) in [5, 5.41) is 17.7. The van der Waals surface area contributed by atoms with E-state index in [0.717, 1.165) is 5.56 Å². The quantitative estimate of drug-likeness (QED) is 0.837. The Labute approximate surface area is 116 Å². The van der Waals surface area contributed by atoms with Crippen molar-refractivity contribution in [2.45, 2.75) is 26.7 Å². The smallest absolute Gasteiger partial charge is 0.197 e. The minimum absolute atomic E-state index is 0.148. The second kappa shape index (κ2) is 5.32. The SMILES string of the molecule is COc1cc(O)c(C(C)C)cc1-c1nnc(C(C)=O)[nH]1. The number of rotatable bonds is 4. The fourth-order valence-corrected chi connectivity index (χ4v) is 1.94. The van der Waals surface area contributed by atoms with Crippen LogP contribution in [0.4, 0.5) is 0 Å². The lowest BCUT2D eigenvalue weighted by Gasteiger charge is -2.13. The number of H-pyrrole nitrogens is 1. The van der Waals surface area contributed by atoms with Crippen molar-refractivity contribution in [3.63, 3.8) is 0 Å². The highest BCUT2D eigenvalue weighted by atomic mass is 16.5. The second-order valence-electron chi connectivity index (χ2n) is 4.84. The van der Waals surface area contributed by atoms with Gasteiger partial charge in [-0.2, -0.15) is 0 Å². The van der Waals surface area contributed by atoms with Crippen LogP contribution in [0.3, 0.4) is 0 Å². The molecule has 1 aromatic carbocycles. The Kier molecular flexibility index (Phi) is 3.74. The normalized spacial score (nSPS) is 10.8. The first kappa shape index (κ1) is 14.0. The third kappa shape index (κ3) is 2.49. The summed E-state index contributed by atoms with van der Waals surface area (Å²) in [6, 6.07) is 3.34. The molecule has 0 aliphatic rings. The highest BCUT2D eigenvalue weighted by Gasteiger charge is 2.17. The van der Waals surface area contributed by atoms with E-state index in [1.54, 1.807) is 12.1 Å². The van der Waals surface area contributed by atoms with Crippen molar-refractivity contribution in [3.05, 3.63) is 23.5 Å². The molecule has 2 N–H and O–H groups in total. The molecule has 0 fully saturated rings. The van der Waals surface area contributed by atoms with Gasteiger partial charge in [-0.15, -0.1) is 10.2 Å². The van der Waals surface area contributed by atoms with Gasteiger partial charge in [0.15, 0.2) is 17.4 Å². The van der Waals surface area contributed by atoms with E-state index in [1.807, 2.05) is 13.8 Å². The number of aromatic nitrogens is 3. The first-order valence-electron chi connectivity index (χ1n) is 6.29. The Morgan fingerprint density at radius 2 is 2.05 bits per heavy atom. The maximum atomic E-state index is 11.3. The van der Waals surface area contributed by atoms with Gasteiger partial charge in [0, 0.05) is 13.0 Å². The molecular weight excluding hydrogens is 258 g/mol. The Hall–Kier alpha value is -2.37. The van der Waals surface area contributed by atoms with Gasteiger partial charge in [-0.1, -0.05) is 13.8 Å². The second-order valence-corrected chi connectivity index (χ2v) is 4.84. The van der Waals surface area contributed by atoms with Crippen molar-refractivity contribution >= 4 is 5.78 Å². The van der Waals surface area contributed by atoms with E-state index in [0.29, 0.717) is 17.1 Å². The molecule has 2 rings (SSSR count). The summed E-state index contributed by atoms with van der Waals surface area (Å²) in [6.45, 7) is 5.37. The summed E-state index contributed by atoms with van der Waals surface area (Å²) in [4.78, 5) is 14.1. The number of ether oxygens (including phenoxy) is 1. The monoisotopic (exact) mass is 275 g/mol. The van der Waals surface area contributed by atoms with Crippen molar-refractivity contribution in [2.75, 3.05) is 7.11 Å². The lowest BCUT2D eigenvalue weighted by molar-refractivity contribution is 0.100. The Balaban J connectivity index is 2.58. The van der Waals surface area contributed by atoms with Crippen LogP contribution in [-0.2, 0) is 0 Å². The number of Topliss-reactive ketones (excluding diaryl/α,β-unsaturated/α-hetero) is 1. The van der Waals surface area contributed by atoms with Crippen molar-refractivity contribution < 1.29 is 14.6 Å². The van der Waals surface area contributed by atoms with Crippen LogP contribution in [0.25, 0.3) is 11.4 Å². The number of aromatic hydroxyl groups is 1. The molecule has 0 amide bonds. The van der Waals surface area contributed by atoms with Crippen molar-refractivity contribution in [3.8, 4) is 22.9 Å². The van der Waals surface area contributed by atoms with Crippen LogP contribution in [0, 0.1) is 0 Å². The summed E-state index contributed by atoms with van der Waals surface area (Å²) < 4.78 is 5.25. The number of aromatic amines is 1. The molecule has 0 saturated carbocycles. The predicted octanol–water partition coefficient (Wildman–Crippen LogP) is 2.51. The van der Waals surface area contributed by atoms with Crippen LogP contribution in [0.2, 0.25) is 0 Å². The minimum atomic E-state index is -0.189. The van der Waals surface area contributed by atoms with Gasteiger partial charge in [0.2, 0.25) is 0 Å². The standard InChI is InChI=1S/C14H17N3O3/c1-7(2)9-5-10(12(20-4)6-11(9)19)14-15-13(8(3)18)16-17-14/h5-7,19H,1-4H3,(H,15,16,17). The molecule has 2 aromatic rings. The first-order valence-corrected chi connectivity index (χ1v) is 6.29. The molecule has 0 unspecified atom stereocenters. The van der Waals surface area contributed by atoms with Gasteiger partial charge in [0.05, 0.1) is 12.7 Å². The van der Waals surface area contributed by atoms with E-state index in [1.165, 1.54) is 14.0 Å². The minimum Gasteiger partial charge on any atom is -0.508 e. The number of hydrogen-bond acceptors (Lipinski definition) is 5. The molecule has 6 heteroatoms. The van der Waals surface area contributed by atoms with E-state index in [2.05, 4.69) is 15.2 Å². The molecule has 0 atom stereocenters. The van der Waals surface area contributed by atoms with Crippen LogP contribution < -0.4 is 4.74 Å². The van der Waals surface area contributed by atoms with Gasteiger partial charge < -0.3 is 14.8 Å². The van der Waals surface area contributed by atoms with Gasteiger partial charge in [-0.25, -0.2) is 0 Å². The predicted molar refractivity (Wildman–Crippen MR) is 74.1 cm³/mol. The molecule has 20 heavy (non-hydrogen) atoms. The first-order chi connectivity index (χ1) is 9.43. The lowest BCUT2D eigenvalue weighted by Crippen LogP contribution is -1.96. The molecule has 0 radical (unpaired) electrons. The summed E-state index contributed by atoms with van der Waals surface area (Å²) in [5.74, 6) is 1.24. The number of phenolic OH excluding ortho intramolecular Hbond substituents is 1. The molecule has 1 heterocycles. The molecule has 0 saturated heterocycles. The summed E-state index contributed by atoms with van der Waals surface area (Å²) >= 11 is 0. The number of carbonyl (C=O) groups is 1. The van der Waals surface area contributed by atoms with Crippen molar-refractivity contribution in [2.24, 2.45) is 0 Å². The maximum absolute atomic E-state index is 11.3. The molecule has 0 aliphatic carbocycles. The number of nitrogens with one attached hydrogen (secondary N) is 1. The Bertz CT molecular complexity index is 647. The average Bonchev–Trinajstić information content (AvgIpc) is 2.87. The summed E-state index contributed by atoms with van der Waals surface area (Å²) in [7, 11) is 1.51. The molecule has 0 bridgehead atoms. The van der Waals surface area contributed by atoms with E-state index in [9.17, 15) is 9.90 Å². The van der Waals surface area contributed by atoms with E-state index in [-0.39, 0.29) is 23.3 Å². The topological polar surface area (TPSA) is 88.1 Å². The molecule has 1 aromatic heterocycles. The van der Waals surface area contributed by atoms with Gasteiger partial charge in [-0.05, 0) is 17.5 Å². The zero-order valence-corrected chi connectivity index (χ0v) is 11.9. The third-order valence-electron chi connectivity index (χ3n) is 3.05. The number of phenols is 1. The summed E-state index contributed by atoms with van der Waals surface area (Å²) in [5.41, 5.74) is 1.44. The molecular formula is C14H17N3O3. The zero-order valence-electron chi connectivity index (χ0n) is 11.9. The average molecular weight is 275 g/mol. The number of nitrogens with zero attached hydrogens (tertiary/aromatic N) is 2. The molecule has 0 spiro atoms. The summed E-state index contributed by atoms with van der Waals surface area (Å²) in [6.07, 6.45) is 0. The molecule has 106 valence electrons. The van der Waals surface area contributed by atoms with E-state index in [4.69, 9.17) is 4.74 Å². The van der Waals surface area contributed by atoms with Gasteiger partial charge in [0.1, 0.15) is 11.5 Å². The van der Waals surface area contributed by atoms with Gasteiger partial charge in [-0.3, -0.25) is 4.79 Å². The van der Waals surface area contributed by atoms with Crippen LogP contribution in [-0.4, -0.2) is 33.2 Å². The molecule has 6 nitrogen and oxygen atoms in total. The van der Waals surface area contributed by atoms with Crippen LogP contribution in [0.5, 0.6) is 11.5 Å². The number of hydrogen-bond donors (Lipinski definition) is 2. The Morgan fingerprint density at radius 3 is 2.55 bits per heavy atom. The van der Waals surface area contributed by atoms with Crippen molar-refractivity contribution in [1.29, 1.82) is 0 Å². The zero-order chi connectivity index (χ0) is 14.9. The van der Waals surface area contributed by atoms with Gasteiger partial charge >= 0.3 is 0 Å². The maximum Gasteiger partial charge on any atom is 0.197 e. The fraction of sp³-hybridized carbons (Fsp3) is 0.357.